The smallest absolute Gasteiger partial charge is 0.237 e. The van der Waals surface area contributed by atoms with Gasteiger partial charge in [0.25, 0.3) is 0 Å². The summed E-state index contributed by atoms with van der Waals surface area (Å²) in [7, 11) is 1.67. The lowest BCUT2D eigenvalue weighted by molar-refractivity contribution is -0.133. The molecule has 6 heteroatoms. The zero-order valence-corrected chi connectivity index (χ0v) is 15.8. The van der Waals surface area contributed by atoms with Gasteiger partial charge in [-0.2, -0.15) is 0 Å². The van der Waals surface area contributed by atoms with E-state index in [-0.39, 0.29) is 5.91 Å². The molecular formula is C21H26N4O2. The maximum absolute atomic E-state index is 12.8. The van der Waals surface area contributed by atoms with Crippen molar-refractivity contribution >= 4 is 5.91 Å². The van der Waals surface area contributed by atoms with E-state index in [9.17, 15) is 4.79 Å². The number of imidazole rings is 1. The molecule has 1 aromatic heterocycles. The molecule has 2 aromatic rings. The Balaban J connectivity index is 1.26. The van der Waals surface area contributed by atoms with Crippen molar-refractivity contribution in [3.8, 4) is 17.1 Å². The SMILES string of the molecule is COc1ccc(-c2nc3c([nH]2)CN(C(=O)CN2C[C@H]4CC[C@@H]2C4)CC3)cc1. The van der Waals surface area contributed by atoms with E-state index >= 15 is 0 Å². The van der Waals surface area contributed by atoms with Gasteiger partial charge in [0.15, 0.2) is 0 Å². The summed E-state index contributed by atoms with van der Waals surface area (Å²) in [5.74, 6) is 2.79. The third-order valence-electron chi connectivity index (χ3n) is 6.41. The van der Waals surface area contributed by atoms with Crippen molar-refractivity contribution < 1.29 is 9.53 Å². The van der Waals surface area contributed by atoms with Crippen LogP contribution < -0.4 is 4.74 Å². The number of hydrogen-bond donors (Lipinski definition) is 1. The maximum Gasteiger partial charge on any atom is 0.237 e. The van der Waals surface area contributed by atoms with Crippen molar-refractivity contribution in [3.05, 3.63) is 35.7 Å². The van der Waals surface area contributed by atoms with Gasteiger partial charge in [0, 0.05) is 31.1 Å². The first-order valence-electron chi connectivity index (χ1n) is 9.93. The van der Waals surface area contributed by atoms with E-state index in [2.05, 4.69) is 9.88 Å². The first-order valence-corrected chi connectivity index (χ1v) is 9.93. The van der Waals surface area contributed by atoms with Crippen LogP contribution in [0.25, 0.3) is 11.4 Å². The predicted molar refractivity (Wildman–Crippen MR) is 102 cm³/mol. The molecule has 0 unspecified atom stereocenters. The molecule has 1 saturated carbocycles. The highest BCUT2D eigenvalue weighted by Crippen LogP contribution is 2.37. The molecule has 3 heterocycles. The van der Waals surface area contributed by atoms with Gasteiger partial charge in [-0.05, 0) is 49.4 Å². The van der Waals surface area contributed by atoms with Gasteiger partial charge >= 0.3 is 0 Å². The summed E-state index contributed by atoms with van der Waals surface area (Å²) in [5.41, 5.74) is 3.20. The van der Waals surface area contributed by atoms with Gasteiger partial charge in [0.05, 0.1) is 31.6 Å². The third kappa shape index (κ3) is 3.12. The van der Waals surface area contributed by atoms with Gasteiger partial charge in [-0.1, -0.05) is 0 Å². The topological polar surface area (TPSA) is 61.5 Å². The Labute approximate surface area is 159 Å². The highest BCUT2D eigenvalue weighted by molar-refractivity contribution is 5.78. The summed E-state index contributed by atoms with van der Waals surface area (Å²) in [6.07, 6.45) is 4.74. The molecule has 1 N–H and O–H groups in total. The van der Waals surface area contributed by atoms with E-state index in [1.54, 1.807) is 7.11 Å². The summed E-state index contributed by atoms with van der Waals surface area (Å²) in [6.45, 7) is 3.09. The van der Waals surface area contributed by atoms with Gasteiger partial charge in [-0.15, -0.1) is 0 Å². The first kappa shape index (κ1) is 16.8. The molecule has 1 aromatic carbocycles. The number of amides is 1. The van der Waals surface area contributed by atoms with Crippen molar-refractivity contribution in [2.75, 3.05) is 26.7 Å². The standard InChI is InChI=1S/C21H26N4O2/c1-27-17-6-3-15(4-7-17)21-22-18-8-9-24(12-19(18)23-21)20(26)13-25-11-14-2-5-16(25)10-14/h3-4,6-7,14,16H,2,5,8-13H2,1H3,(H,22,23)/t14-,16+/m0/s1. The zero-order valence-electron chi connectivity index (χ0n) is 15.8. The molecule has 2 aliphatic heterocycles. The van der Waals surface area contributed by atoms with E-state index in [1.165, 1.54) is 19.3 Å². The molecule has 1 aliphatic carbocycles. The predicted octanol–water partition coefficient (Wildman–Crippen LogP) is 2.45. The number of methoxy groups -OCH3 is 1. The number of H-pyrrole nitrogens is 1. The average molecular weight is 366 g/mol. The van der Waals surface area contributed by atoms with Gasteiger partial charge in [-0.25, -0.2) is 4.98 Å². The molecule has 0 spiro atoms. The van der Waals surface area contributed by atoms with Gasteiger partial charge in [-0.3, -0.25) is 9.69 Å². The number of carbonyl (C=O) groups is 1. The number of benzene rings is 1. The minimum Gasteiger partial charge on any atom is -0.497 e. The second-order valence-corrected chi connectivity index (χ2v) is 8.07. The molecule has 2 bridgehead atoms. The number of rotatable bonds is 4. The second-order valence-electron chi connectivity index (χ2n) is 8.07. The number of nitrogens with one attached hydrogen (secondary N) is 1. The van der Waals surface area contributed by atoms with Gasteiger partial charge in [0.2, 0.25) is 5.91 Å². The molecule has 5 rings (SSSR count). The number of hydrogen-bond acceptors (Lipinski definition) is 4. The molecule has 0 radical (unpaired) electrons. The highest BCUT2D eigenvalue weighted by atomic mass is 16.5. The van der Waals surface area contributed by atoms with Crippen LogP contribution in [0.15, 0.2) is 24.3 Å². The molecule has 2 fully saturated rings. The second kappa shape index (κ2) is 6.68. The molecule has 27 heavy (non-hydrogen) atoms. The molecule has 142 valence electrons. The molecule has 1 amide bonds. The number of ether oxygens (including phenoxy) is 1. The van der Waals surface area contributed by atoms with Crippen molar-refractivity contribution in [2.45, 2.75) is 38.3 Å². The van der Waals surface area contributed by atoms with Gasteiger partial charge < -0.3 is 14.6 Å². The number of nitrogens with zero attached hydrogens (tertiary/aromatic N) is 3. The number of aromatic nitrogens is 2. The van der Waals surface area contributed by atoms with E-state index in [4.69, 9.17) is 9.72 Å². The molecule has 2 atom stereocenters. The maximum atomic E-state index is 12.8. The monoisotopic (exact) mass is 366 g/mol. The normalized spacial score (nSPS) is 24.3. The Hall–Kier alpha value is -2.34. The van der Waals surface area contributed by atoms with Crippen LogP contribution in [0.2, 0.25) is 0 Å². The lowest BCUT2D eigenvalue weighted by atomic mass is 10.1. The van der Waals surface area contributed by atoms with E-state index in [0.29, 0.717) is 19.1 Å². The van der Waals surface area contributed by atoms with Crippen LogP contribution in [-0.4, -0.2) is 58.5 Å². The number of likely N-dealkylation sites (tertiary alicyclic amines) is 1. The summed E-state index contributed by atoms with van der Waals surface area (Å²) < 4.78 is 5.22. The van der Waals surface area contributed by atoms with Crippen molar-refractivity contribution in [1.29, 1.82) is 0 Å². The fraction of sp³-hybridized carbons (Fsp3) is 0.524. The molecular weight excluding hydrogens is 340 g/mol. The lowest BCUT2D eigenvalue weighted by Crippen LogP contribution is -2.45. The average Bonchev–Trinajstić information content (AvgIpc) is 3.42. The van der Waals surface area contributed by atoms with E-state index < -0.39 is 0 Å². The zero-order chi connectivity index (χ0) is 18.4. The largest absolute Gasteiger partial charge is 0.497 e. The molecule has 3 aliphatic rings. The van der Waals surface area contributed by atoms with Crippen LogP contribution in [-0.2, 0) is 17.8 Å². The van der Waals surface area contributed by atoms with Crippen molar-refractivity contribution in [2.24, 2.45) is 5.92 Å². The number of piperidine rings is 1. The Kier molecular flexibility index (Phi) is 4.16. The Bertz CT molecular complexity index is 844. The van der Waals surface area contributed by atoms with Gasteiger partial charge in [0.1, 0.15) is 11.6 Å². The Morgan fingerprint density at radius 3 is 2.85 bits per heavy atom. The van der Waals surface area contributed by atoms with Crippen LogP contribution in [0.3, 0.4) is 0 Å². The summed E-state index contributed by atoms with van der Waals surface area (Å²) in [5, 5.41) is 0. The fourth-order valence-corrected chi connectivity index (χ4v) is 4.89. The quantitative estimate of drug-likeness (QED) is 0.903. The summed E-state index contributed by atoms with van der Waals surface area (Å²) in [4.78, 5) is 25.4. The van der Waals surface area contributed by atoms with Crippen LogP contribution in [0.1, 0.15) is 30.7 Å². The van der Waals surface area contributed by atoms with Crippen LogP contribution in [0, 0.1) is 5.92 Å². The number of carbonyl (C=O) groups excluding carboxylic acids is 1. The minimum absolute atomic E-state index is 0.258. The van der Waals surface area contributed by atoms with Crippen LogP contribution >= 0.6 is 0 Å². The summed E-state index contributed by atoms with van der Waals surface area (Å²) in [6, 6.07) is 8.54. The van der Waals surface area contributed by atoms with Crippen molar-refractivity contribution in [1.82, 2.24) is 19.8 Å². The summed E-state index contributed by atoms with van der Waals surface area (Å²) >= 11 is 0. The number of aromatic amines is 1. The van der Waals surface area contributed by atoms with E-state index in [0.717, 1.165) is 54.0 Å². The fourth-order valence-electron chi connectivity index (χ4n) is 4.89. The third-order valence-corrected chi connectivity index (χ3v) is 6.41. The van der Waals surface area contributed by atoms with Crippen LogP contribution in [0.4, 0.5) is 0 Å². The highest BCUT2D eigenvalue weighted by Gasteiger charge is 2.39. The first-order chi connectivity index (χ1) is 13.2. The number of fused-ring (bicyclic) bond motifs is 3. The van der Waals surface area contributed by atoms with Crippen molar-refractivity contribution in [3.63, 3.8) is 0 Å². The molecule has 6 nitrogen and oxygen atoms in total. The lowest BCUT2D eigenvalue weighted by Gasteiger charge is -2.31. The van der Waals surface area contributed by atoms with Crippen LogP contribution in [0.5, 0.6) is 5.75 Å². The molecule has 1 saturated heterocycles. The Morgan fingerprint density at radius 1 is 1.30 bits per heavy atom. The Morgan fingerprint density at radius 2 is 2.15 bits per heavy atom. The van der Waals surface area contributed by atoms with E-state index in [1.807, 2.05) is 29.2 Å². The minimum atomic E-state index is 0.258.